The van der Waals surface area contributed by atoms with Gasteiger partial charge in [0, 0.05) is 13.5 Å². The van der Waals surface area contributed by atoms with E-state index >= 15 is 0 Å². The van der Waals surface area contributed by atoms with Crippen LogP contribution in [0.25, 0.3) is 0 Å². The third-order valence-corrected chi connectivity index (χ3v) is 1.31. The van der Waals surface area contributed by atoms with Gasteiger partial charge in [-0.1, -0.05) is 19.8 Å². The van der Waals surface area contributed by atoms with Gasteiger partial charge < -0.3 is 4.74 Å². The average molecular weight is 131 g/mol. The van der Waals surface area contributed by atoms with Crippen LogP contribution in [0.5, 0.6) is 0 Å². The van der Waals surface area contributed by atoms with Crippen LogP contribution in [0, 0.1) is 0 Å². The largest absolute Gasteiger partial charge is 0.353 e. The van der Waals surface area contributed by atoms with Gasteiger partial charge in [-0.25, -0.2) is 5.11 Å². The summed E-state index contributed by atoms with van der Waals surface area (Å²) in [6.45, 7) is 2.12. The summed E-state index contributed by atoms with van der Waals surface area (Å²) in [5.74, 6) is 0. The second-order valence-corrected chi connectivity index (χ2v) is 2.16. The van der Waals surface area contributed by atoms with Crippen molar-refractivity contribution >= 4 is 0 Å². The summed E-state index contributed by atoms with van der Waals surface area (Å²) in [4.78, 5) is 0. The highest BCUT2D eigenvalue weighted by Gasteiger charge is 2.00. The summed E-state index contributed by atoms with van der Waals surface area (Å²) < 4.78 is 4.54. The van der Waals surface area contributed by atoms with Crippen LogP contribution in [0.3, 0.4) is 0 Å². The number of ether oxygens (including phenoxy) is 1. The molecule has 0 rings (SSSR count). The highest BCUT2D eigenvalue weighted by Crippen LogP contribution is 2.03. The average Bonchev–Trinajstić information content (AvgIpc) is 1.89. The van der Waals surface area contributed by atoms with Crippen molar-refractivity contribution in [2.75, 3.05) is 7.11 Å². The van der Waals surface area contributed by atoms with Gasteiger partial charge in [0.2, 0.25) is 0 Å². The zero-order valence-electron chi connectivity index (χ0n) is 6.22. The normalized spacial score (nSPS) is 13.7. The van der Waals surface area contributed by atoms with E-state index in [0.29, 0.717) is 6.42 Å². The van der Waals surface area contributed by atoms with Gasteiger partial charge in [-0.2, -0.15) is 0 Å². The van der Waals surface area contributed by atoms with Crippen LogP contribution in [0.1, 0.15) is 32.6 Å². The number of rotatable bonds is 5. The quantitative estimate of drug-likeness (QED) is 0.414. The molecule has 1 radical (unpaired) electrons. The summed E-state index contributed by atoms with van der Waals surface area (Å²) in [5, 5.41) is 10.5. The molecular weight excluding hydrogens is 116 g/mol. The maximum Gasteiger partial charge on any atom is 0.190 e. The predicted octanol–water partition coefficient (Wildman–Crippen LogP) is 1.97. The molecule has 0 fully saturated rings. The highest BCUT2D eigenvalue weighted by atomic mass is 16.6. The molecule has 1 atom stereocenters. The van der Waals surface area contributed by atoms with Gasteiger partial charge in [-0.05, 0) is 6.42 Å². The molecule has 0 aliphatic rings. The minimum atomic E-state index is -0.795. The minimum absolute atomic E-state index is 0.657. The van der Waals surface area contributed by atoms with Crippen LogP contribution in [0.15, 0.2) is 0 Å². The van der Waals surface area contributed by atoms with E-state index in [9.17, 15) is 5.11 Å². The molecule has 55 valence electrons. The lowest BCUT2D eigenvalue weighted by Crippen LogP contribution is -2.05. The van der Waals surface area contributed by atoms with Crippen molar-refractivity contribution in [2.24, 2.45) is 0 Å². The lowest BCUT2D eigenvalue weighted by molar-refractivity contribution is -0.123. The van der Waals surface area contributed by atoms with Gasteiger partial charge in [-0.15, -0.1) is 0 Å². The van der Waals surface area contributed by atoms with Crippen molar-refractivity contribution in [1.82, 2.24) is 0 Å². The van der Waals surface area contributed by atoms with Crippen molar-refractivity contribution in [3.8, 4) is 0 Å². The first-order chi connectivity index (χ1) is 4.31. The molecule has 9 heavy (non-hydrogen) atoms. The lowest BCUT2D eigenvalue weighted by atomic mass is 10.2. The van der Waals surface area contributed by atoms with Crippen LogP contribution < -0.4 is 0 Å². The SMILES string of the molecule is CCCCCC([O])OC. The van der Waals surface area contributed by atoms with Gasteiger partial charge in [0.15, 0.2) is 6.29 Å². The van der Waals surface area contributed by atoms with Gasteiger partial charge in [0.25, 0.3) is 0 Å². The Kier molecular flexibility index (Phi) is 5.99. The molecule has 0 heterocycles. The van der Waals surface area contributed by atoms with Gasteiger partial charge in [0.05, 0.1) is 0 Å². The van der Waals surface area contributed by atoms with E-state index in [4.69, 9.17) is 0 Å². The van der Waals surface area contributed by atoms with E-state index in [-0.39, 0.29) is 0 Å². The maximum atomic E-state index is 10.5. The summed E-state index contributed by atoms with van der Waals surface area (Å²) >= 11 is 0. The van der Waals surface area contributed by atoms with E-state index in [0.717, 1.165) is 19.3 Å². The third-order valence-electron chi connectivity index (χ3n) is 1.31. The van der Waals surface area contributed by atoms with Gasteiger partial charge in [-0.3, -0.25) is 0 Å². The molecule has 0 N–H and O–H groups in total. The van der Waals surface area contributed by atoms with Gasteiger partial charge in [0.1, 0.15) is 0 Å². The van der Waals surface area contributed by atoms with Crippen LogP contribution in [0.4, 0.5) is 0 Å². The third kappa shape index (κ3) is 5.80. The van der Waals surface area contributed by atoms with E-state index in [1.54, 1.807) is 0 Å². The van der Waals surface area contributed by atoms with E-state index < -0.39 is 6.29 Å². The molecule has 2 nitrogen and oxygen atoms in total. The molecule has 0 saturated carbocycles. The zero-order chi connectivity index (χ0) is 7.11. The Morgan fingerprint density at radius 3 is 2.56 bits per heavy atom. The Hall–Kier alpha value is -0.0800. The monoisotopic (exact) mass is 131 g/mol. The molecule has 1 unspecified atom stereocenters. The van der Waals surface area contributed by atoms with Crippen molar-refractivity contribution in [1.29, 1.82) is 0 Å². The summed E-state index contributed by atoms with van der Waals surface area (Å²) in [6, 6.07) is 0. The second kappa shape index (κ2) is 6.05. The number of methoxy groups -OCH3 is 1. The summed E-state index contributed by atoms with van der Waals surface area (Å²) in [5.41, 5.74) is 0. The van der Waals surface area contributed by atoms with Crippen LogP contribution in [0.2, 0.25) is 0 Å². The number of hydrogen-bond acceptors (Lipinski definition) is 1. The minimum Gasteiger partial charge on any atom is -0.353 e. The number of unbranched alkanes of at least 4 members (excludes halogenated alkanes) is 2. The molecule has 0 bridgehead atoms. The van der Waals surface area contributed by atoms with E-state index in [1.165, 1.54) is 7.11 Å². The van der Waals surface area contributed by atoms with Crippen molar-refractivity contribution in [3.05, 3.63) is 0 Å². The summed E-state index contributed by atoms with van der Waals surface area (Å²) in [6.07, 6.45) is 3.16. The first-order valence-electron chi connectivity index (χ1n) is 3.50. The fourth-order valence-electron chi connectivity index (χ4n) is 0.679. The molecule has 0 aromatic heterocycles. The second-order valence-electron chi connectivity index (χ2n) is 2.16. The smallest absolute Gasteiger partial charge is 0.190 e. The van der Waals surface area contributed by atoms with E-state index in [2.05, 4.69) is 11.7 Å². The molecule has 0 amide bonds. The topological polar surface area (TPSA) is 29.1 Å². The molecule has 0 aromatic carbocycles. The standard InChI is InChI=1S/C7H15O2/c1-3-4-5-6-7(8)9-2/h7H,3-6H2,1-2H3. The zero-order valence-corrected chi connectivity index (χ0v) is 6.22. The molecule has 0 saturated heterocycles. The van der Waals surface area contributed by atoms with Crippen molar-refractivity contribution in [2.45, 2.75) is 38.9 Å². The van der Waals surface area contributed by atoms with Crippen molar-refractivity contribution in [3.63, 3.8) is 0 Å². The van der Waals surface area contributed by atoms with Gasteiger partial charge >= 0.3 is 0 Å². The first-order valence-corrected chi connectivity index (χ1v) is 3.50. The Morgan fingerprint density at radius 1 is 1.44 bits per heavy atom. The molecule has 0 aromatic rings. The number of hydrogen-bond donors (Lipinski definition) is 0. The first kappa shape index (κ1) is 8.92. The highest BCUT2D eigenvalue weighted by molar-refractivity contribution is 4.41. The Morgan fingerprint density at radius 2 is 2.11 bits per heavy atom. The maximum absolute atomic E-state index is 10.5. The Labute approximate surface area is 56.8 Å². The Bertz CT molecular complexity index is 54.9. The fourth-order valence-corrected chi connectivity index (χ4v) is 0.679. The molecule has 0 aliphatic carbocycles. The molecular formula is C7H15O2. The molecule has 2 heteroatoms. The predicted molar refractivity (Wildman–Crippen MR) is 35.6 cm³/mol. The molecule has 0 spiro atoms. The summed E-state index contributed by atoms with van der Waals surface area (Å²) in [7, 11) is 1.46. The Balaban J connectivity index is 2.88. The van der Waals surface area contributed by atoms with E-state index in [1.807, 2.05) is 0 Å². The fraction of sp³-hybridized carbons (Fsp3) is 1.00. The van der Waals surface area contributed by atoms with Crippen molar-refractivity contribution < 1.29 is 9.84 Å². The van der Waals surface area contributed by atoms with Crippen LogP contribution in [-0.4, -0.2) is 13.4 Å². The van der Waals surface area contributed by atoms with Crippen LogP contribution in [-0.2, 0) is 9.84 Å². The van der Waals surface area contributed by atoms with Crippen LogP contribution >= 0.6 is 0 Å². The lowest BCUT2D eigenvalue weighted by Gasteiger charge is -2.03. The molecule has 0 aliphatic heterocycles.